The Bertz CT molecular complexity index is 1720. The Balaban J connectivity index is 1.84. The molecule has 1 N–H and O–H groups in total. The van der Waals surface area contributed by atoms with Crippen molar-refractivity contribution in [3.05, 3.63) is 130 Å². The quantitative estimate of drug-likeness (QED) is 0.166. The summed E-state index contributed by atoms with van der Waals surface area (Å²) in [6.45, 7) is 5.02. The van der Waals surface area contributed by atoms with E-state index in [-0.39, 0.29) is 35.5 Å². The molecule has 0 spiro atoms. The molecule has 0 saturated heterocycles. The van der Waals surface area contributed by atoms with E-state index in [9.17, 15) is 18.0 Å². The normalized spacial score (nSPS) is 12.6. The summed E-state index contributed by atoms with van der Waals surface area (Å²) in [6, 6.07) is 28.2. The van der Waals surface area contributed by atoms with Gasteiger partial charge in [-0.3, -0.25) is 13.9 Å². The van der Waals surface area contributed by atoms with Crippen molar-refractivity contribution in [2.45, 2.75) is 57.1 Å². The molecule has 10 heteroatoms. The number of sulfonamides is 1. The fourth-order valence-corrected chi connectivity index (χ4v) is 6.74. The molecule has 0 radical (unpaired) electrons. The molecule has 0 aliphatic rings. The van der Waals surface area contributed by atoms with Crippen molar-refractivity contribution in [2.75, 3.05) is 10.8 Å². The standard InChI is InChI=1S/C35H37Cl2N3O4S/c1-4-26(3)38-35(42)33(21-27-13-7-5-8-14-27)39(23-28-15-11-12-18-31(28)37)34(41)24-40(32-22-29(36)20-19-25(32)2)45(43,44)30-16-9-6-10-17-30/h5-20,22,26,33H,4,21,23-24H2,1-3H3,(H,38,42)/t26-,33-/m0/s1. The molecule has 0 aromatic heterocycles. The van der Waals surface area contributed by atoms with E-state index in [4.69, 9.17) is 23.2 Å². The van der Waals surface area contributed by atoms with Crippen molar-refractivity contribution in [3.63, 3.8) is 0 Å². The van der Waals surface area contributed by atoms with Gasteiger partial charge in [-0.1, -0.05) is 103 Å². The lowest BCUT2D eigenvalue weighted by atomic mass is 10.0. The number of aryl methyl sites for hydroxylation is 1. The Hall–Kier alpha value is -3.85. The largest absolute Gasteiger partial charge is 0.352 e. The number of benzene rings is 4. The molecule has 45 heavy (non-hydrogen) atoms. The third-order valence-electron chi connectivity index (χ3n) is 7.62. The highest BCUT2D eigenvalue weighted by molar-refractivity contribution is 7.92. The van der Waals surface area contributed by atoms with E-state index < -0.39 is 28.5 Å². The first-order chi connectivity index (χ1) is 21.5. The van der Waals surface area contributed by atoms with Crippen LogP contribution in [0.5, 0.6) is 0 Å². The zero-order chi connectivity index (χ0) is 32.6. The second-order valence-corrected chi connectivity index (χ2v) is 13.6. The number of anilines is 1. The van der Waals surface area contributed by atoms with Gasteiger partial charge in [0.25, 0.3) is 10.0 Å². The molecule has 2 atom stereocenters. The van der Waals surface area contributed by atoms with Crippen LogP contribution in [0.1, 0.15) is 37.0 Å². The van der Waals surface area contributed by atoms with Gasteiger partial charge >= 0.3 is 0 Å². The molecule has 0 aliphatic heterocycles. The summed E-state index contributed by atoms with van der Waals surface area (Å²) in [5.41, 5.74) is 2.34. The van der Waals surface area contributed by atoms with Crippen LogP contribution in [0.2, 0.25) is 10.0 Å². The molecule has 2 amide bonds. The fourth-order valence-electron chi connectivity index (χ4n) is 4.89. The summed E-state index contributed by atoms with van der Waals surface area (Å²) in [4.78, 5) is 29.9. The smallest absolute Gasteiger partial charge is 0.264 e. The average Bonchev–Trinajstić information content (AvgIpc) is 3.04. The van der Waals surface area contributed by atoms with E-state index in [2.05, 4.69) is 5.32 Å². The number of nitrogens with one attached hydrogen (secondary N) is 1. The Kier molecular flexibility index (Phi) is 11.7. The van der Waals surface area contributed by atoms with Crippen molar-refractivity contribution < 1.29 is 18.0 Å². The molecule has 4 rings (SSSR count). The van der Waals surface area contributed by atoms with Gasteiger partial charge in [0, 0.05) is 29.1 Å². The number of rotatable bonds is 13. The molecule has 0 fully saturated rings. The SMILES string of the molecule is CC[C@H](C)NC(=O)[C@H](Cc1ccccc1)N(Cc1ccccc1Cl)C(=O)CN(c1cc(Cl)ccc1C)S(=O)(=O)c1ccccc1. The maximum atomic E-state index is 14.6. The molecule has 0 heterocycles. The number of amides is 2. The van der Waals surface area contributed by atoms with E-state index in [0.717, 1.165) is 9.87 Å². The first-order valence-electron chi connectivity index (χ1n) is 14.7. The summed E-state index contributed by atoms with van der Waals surface area (Å²) in [7, 11) is -4.23. The van der Waals surface area contributed by atoms with Crippen molar-refractivity contribution >= 4 is 50.7 Å². The van der Waals surface area contributed by atoms with Crippen molar-refractivity contribution in [1.82, 2.24) is 10.2 Å². The minimum atomic E-state index is -4.23. The maximum absolute atomic E-state index is 14.6. The lowest BCUT2D eigenvalue weighted by Gasteiger charge is -2.34. The first kappa shape index (κ1) is 34.0. The lowest BCUT2D eigenvalue weighted by molar-refractivity contribution is -0.140. The second-order valence-electron chi connectivity index (χ2n) is 10.9. The van der Waals surface area contributed by atoms with Gasteiger partial charge in [-0.2, -0.15) is 0 Å². The highest BCUT2D eigenvalue weighted by atomic mass is 35.5. The highest BCUT2D eigenvalue weighted by Crippen LogP contribution is 2.30. The third kappa shape index (κ3) is 8.66. The van der Waals surface area contributed by atoms with Crippen LogP contribution in [0.3, 0.4) is 0 Å². The molecule has 4 aromatic rings. The van der Waals surface area contributed by atoms with Gasteiger partial charge in [0.1, 0.15) is 12.6 Å². The molecule has 236 valence electrons. The second kappa shape index (κ2) is 15.4. The minimum absolute atomic E-state index is 0.0162. The highest BCUT2D eigenvalue weighted by Gasteiger charge is 2.35. The first-order valence-corrected chi connectivity index (χ1v) is 16.9. The van der Waals surface area contributed by atoms with Gasteiger partial charge in [-0.05, 0) is 67.3 Å². The number of nitrogens with zero attached hydrogens (tertiary/aromatic N) is 2. The molecule has 0 bridgehead atoms. The van der Waals surface area contributed by atoms with Gasteiger partial charge in [-0.25, -0.2) is 8.42 Å². The van der Waals surface area contributed by atoms with Gasteiger partial charge in [0.2, 0.25) is 11.8 Å². The van der Waals surface area contributed by atoms with Crippen LogP contribution < -0.4 is 9.62 Å². The van der Waals surface area contributed by atoms with Crippen LogP contribution in [0, 0.1) is 6.92 Å². The third-order valence-corrected chi connectivity index (χ3v) is 10.00. The lowest BCUT2D eigenvalue weighted by Crippen LogP contribution is -2.54. The van der Waals surface area contributed by atoms with Crippen LogP contribution in [0.15, 0.2) is 108 Å². The molecule has 0 unspecified atom stereocenters. The summed E-state index contributed by atoms with van der Waals surface area (Å²) >= 11 is 12.9. The fraction of sp³-hybridized carbons (Fsp3) is 0.257. The summed E-state index contributed by atoms with van der Waals surface area (Å²) in [5.74, 6) is -0.918. The van der Waals surface area contributed by atoms with Crippen LogP contribution in [0.25, 0.3) is 0 Å². The van der Waals surface area contributed by atoms with Crippen LogP contribution >= 0.6 is 23.2 Å². The average molecular weight is 667 g/mol. The predicted octanol–water partition coefficient (Wildman–Crippen LogP) is 7.05. The van der Waals surface area contributed by atoms with E-state index in [1.165, 1.54) is 23.1 Å². The van der Waals surface area contributed by atoms with Crippen LogP contribution in [0.4, 0.5) is 5.69 Å². The zero-order valence-corrected chi connectivity index (χ0v) is 27.8. The Labute approximate surface area is 275 Å². The van der Waals surface area contributed by atoms with E-state index in [1.54, 1.807) is 61.5 Å². The van der Waals surface area contributed by atoms with E-state index in [1.807, 2.05) is 44.2 Å². The topological polar surface area (TPSA) is 86.8 Å². The predicted molar refractivity (Wildman–Crippen MR) is 181 cm³/mol. The number of hydrogen-bond acceptors (Lipinski definition) is 4. The van der Waals surface area contributed by atoms with Crippen molar-refractivity contribution in [3.8, 4) is 0 Å². The number of hydrogen-bond donors (Lipinski definition) is 1. The molecule has 4 aromatic carbocycles. The van der Waals surface area contributed by atoms with Gasteiger partial charge in [0.05, 0.1) is 10.6 Å². The molecular weight excluding hydrogens is 629 g/mol. The van der Waals surface area contributed by atoms with Gasteiger partial charge in [0.15, 0.2) is 0 Å². The maximum Gasteiger partial charge on any atom is 0.264 e. The number of carbonyl (C=O) groups excluding carboxylic acids is 2. The molecule has 7 nitrogen and oxygen atoms in total. The van der Waals surface area contributed by atoms with Crippen molar-refractivity contribution in [2.24, 2.45) is 0 Å². The zero-order valence-electron chi connectivity index (χ0n) is 25.5. The van der Waals surface area contributed by atoms with Crippen LogP contribution in [-0.2, 0) is 32.6 Å². The Morgan fingerprint density at radius 1 is 0.867 bits per heavy atom. The van der Waals surface area contributed by atoms with Crippen molar-refractivity contribution in [1.29, 1.82) is 0 Å². The van der Waals surface area contributed by atoms with Gasteiger partial charge < -0.3 is 10.2 Å². The summed E-state index contributed by atoms with van der Waals surface area (Å²) in [5, 5.41) is 3.77. The molecule has 0 aliphatic carbocycles. The molecule has 0 saturated carbocycles. The molecular formula is C35H37Cl2N3O4S. The summed E-state index contributed by atoms with van der Waals surface area (Å²) in [6.07, 6.45) is 0.903. The number of halogens is 2. The minimum Gasteiger partial charge on any atom is -0.352 e. The summed E-state index contributed by atoms with van der Waals surface area (Å²) < 4.78 is 29.4. The Morgan fingerprint density at radius 3 is 2.13 bits per heavy atom. The monoisotopic (exact) mass is 665 g/mol. The van der Waals surface area contributed by atoms with E-state index in [0.29, 0.717) is 27.6 Å². The van der Waals surface area contributed by atoms with E-state index >= 15 is 0 Å². The number of carbonyl (C=O) groups is 2. The van der Waals surface area contributed by atoms with Crippen LogP contribution in [-0.4, -0.2) is 43.8 Å². The van der Waals surface area contributed by atoms with Gasteiger partial charge in [-0.15, -0.1) is 0 Å². The Morgan fingerprint density at radius 2 is 1.49 bits per heavy atom.